The molecule has 1 N–H and O–H groups in total. The van der Waals surface area contributed by atoms with E-state index in [2.05, 4.69) is 40.5 Å². The summed E-state index contributed by atoms with van der Waals surface area (Å²) in [6.07, 6.45) is 4.08. The van der Waals surface area contributed by atoms with Crippen LogP contribution in [0.4, 0.5) is 0 Å². The van der Waals surface area contributed by atoms with Crippen LogP contribution in [0.25, 0.3) is 0 Å². The van der Waals surface area contributed by atoms with Crippen LogP contribution < -0.4 is 5.32 Å². The van der Waals surface area contributed by atoms with Crippen molar-refractivity contribution in [2.75, 3.05) is 19.6 Å². The molecular weight excluding hydrogens is 196 g/mol. The van der Waals surface area contributed by atoms with Crippen LogP contribution in [0, 0.1) is 0 Å². The van der Waals surface area contributed by atoms with E-state index in [1.54, 1.807) is 0 Å². The lowest BCUT2D eigenvalue weighted by Gasteiger charge is -2.34. The second-order valence-corrected chi connectivity index (χ2v) is 5.16. The van der Waals surface area contributed by atoms with Gasteiger partial charge in [-0.05, 0) is 37.9 Å². The molecule has 1 atom stereocenters. The fourth-order valence-electron chi connectivity index (χ4n) is 3.26. The molecule has 0 unspecified atom stereocenters. The fourth-order valence-corrected chi connectivity index (χ4v) is 3.26. The maximum absolute atomic E-state index is 3.53. The minimum atomic E-state index is 0.482. The zero-order chi connectivity index (χ0) is 10.8. The average molecular weight is 216 g/mol. The molecule has 0 bridgehead atoms. The molecule has 16 heavy (non-hydrogen) atoms. The lowest BCUT2D eigenvalue weighted by molar-refractivity contribution is 0.148. The summed E-state index contributed by atoms with van der Waals surface area (Å²) in [4.78, 5) is 2.70. The molecule has 2 heteroatoms. The van der Waals surface area contributed by atoms with E-state index in [9.17, 15) is 0 Å². The molecule has 1 aromatic carbocycles. The standard InChI is InChI=1S/C14H20N2/c1-2-5-13(6-3-1)11-16-10-4-7-14(16)8-9-15-12-14/h1-3,5-6,15H,4,7-12H2/t14-/m0/s1. The monoisotopic (exact) mass is 216 g/mol. The van der Waals surface area contributed by atoms with Crippen LogP contribution in [0.5, 0.6) is 0 Å². The summed E-state index contributed by atoms with van der Waals surface area (Å²) in [6.45, 7) is 4.80. The Balaban J connectivity index is 1.75. The lowest BCUT2D eigenvalue weighted by atomic mass is 9.95. The van der Waals surface area contributed by atoms with Crippen molar-refractivity contribution in [3.05, 3.63) is 35.9 Å². The molecule has 3 rings (SSSR count). The molecule has 2 saturated heterocycles. The molecule has 2 nitrogen and oxygen atoms in total. The first-order valence-corrected chi connectivity index (χ1v) is 6.39. The quantitative estimate of drug-likeness (QED) is 0.813. The summed E-state index contributed by atoms with van der Waals surface area (Å²) < 4.78 is 0. The topological polar surface area (TPSA) is 15.3 Å². The third-order valence-electron chi connectivity index (χ3n) is 4.18. The van der Waals surface area contributed by atoms with Gasteiger partial charge in [0.2, 0.25) is 0 Å². The van der Waals surface area contributed by atoms with Crippen molar-refractivity contribution in [2.24, 2.45) is 0 Å². The van der Waals surface area contributed by atoms with Gasteiger partial charge in [0.25, 0.3) is 0 Å². The second-order valence-electron chi connectivity index (χ2n) is 5.16. The summed E-state index contributed by atoms with van der Waals surface area (Å²) in [5.41, 5.74) is 1.94. The van der Waals surface area contributed by atoms with Gasteiger partial charge in [0, 0.05) is 18.6 Å². The van der Waals surface area contributed by atoms with E-state index in [1.807, 2.05) is 0 Å². The van der Waals surface area contributed by atoms with Gasteiger partial charge in [0.05, 0.1) is 0 Å². The number of likely N-dealkylation sites (tertiary alicyclic amines) is 1. The van der Waals surface area contributed by atoms with E-state index in [0.29, 0.717) is 5.54 Å². The van der Waals surface area contributed by atoms with Gasteiger partial charge in [-0.1, -0.05) is 30.3 Å². The van der Waals surface area contributed by atoms with Crippen molar-refractivity contribution in [1.82, 2.24) is 10.2 Å². The molecule has 0 radical (unpaired) electrons. The first-order chi connectivity index (χ1) is 7.89. The highest BCUT2D eigenvalue weighted by molar-refractivity contribution is 5.16. The molecule has 2 aliphatic rings. The normalized spacial score (nSPS) is 30.2. The van der Waals surface area contributed by atoms with E-state index in [1.165, 1.54) is 44.5 Å². The Hall–Kier alpha value is -0.860. The van der Waals surface area contributed by atoms with Gasteiger partial charge >= 0.3 is 0 Å². The van der Waals surface area contributed by atoms with Crippen LogP contribution in [0.2, 0.25) is 0 Å². The highest BCUT2D eigenvalue weighted by Gasteiger charge is 2.42. The highest BCUT2D eigenvalue weighted by atomic mass is 15.3. The Kier molecular flexibility index (Phi) is 2.70. The minimum absolute atomic E-state index is 0.482. The number of nitrogens with one attached hydrogen (secondary N) is 1. The highest BCUT2D eigenvalue weighted by Crippen LogP contribution is 2.35. The molecule has 0 aliphatic carbocycles. The first kappa shape index (κ1) is 10.3. The fraction of sp³-hybridized carbons (Fsp3) is 0.571. The lowest BCUT2D eigenvalue weighted by Crippen LogP contribution is -2.44. The maximum atomic E-state index is 3.53. The van der Waals surface area contributed by atoms with Gasteiger partial charge < -0.3 is 5.32 Å². The number of rotatable bonds is 2. The van der Waals surface area contributed by atoms with E-state index in [-0.39, 0.29) is 0 Å². The van der Waals surface area contributed by atoms with Crippen molar-refractivity contribution in [2.45, 2.75) is 31.3 Å². The van der Waals surface area contributed by atoms with Gasteiger partial charge in [-0.25, -0.2) is 0 Å². The van der Waals surface area contributed by atoms with Crippen LogP contribution in [-0.4, -0.2) is 30.1 Å². The average Bonchev–Trinajstić information content (AvgIpc) is 2.93. The smallest absolute Gasteiger partial charge is 0.0350 e. The molecule has 1 aromatic rings. The number of benzene rings is 1. The van der Waals surface area contributed by atoms with Crippen molar-refractivity contribution < 1.29 is 0 Å². The van der Waals surface area contributed by atoms with Crippen molar-refractivity contribution in [3.8, 4) is 0 Å². The zero-order valence-electron chi connectivity index (χ0n) is 9.78. The molecule has 1 spiro atoms. The predicted octanol–water partition coefficient (Wildman–Crippen LogP) is 2.01. The molecule has 0 amide bonds. The number of hydrogen-bond donors (Lipinski definition) is 1. The molecular formula is C14H20N2. The Bertz CT molecular complexity index is 336. The van der Waals surface area contributed by atoms with E-state index >= 15 is 0 Å². The van der Waals surface area contributed by atoms with Crippen LogP contribution in [0.3, 0.4) is 0 Å². The maximum Gasteiger partial charge on any atom is 0.0350 e. The molecule has 0 saturated carbocycles. The summed E-state index contributed by atoms with van der Waals surface area (Å²) in [6, 6.07) is 10.9. The van der Waals surface area contributed by atoms with E-state index < -0.39 is 0 Å². The van der Waals surface area contributed by atoms with Crippen molar-refractivity contribution >= 4 is 0 Å². The summed E-state index contributed by atoms with van der Waals surface area (Å²) in [5.74, 6) is 0. The third kappa shape index (κ3) is 1.76. The minimum Gasteiger partial charge on any atom is -0.315 e. The molecule has 2 aliphatic heterocycles. The Labute approximate surface area is 97.6 Å². The van der Waals surface area contributed by atoms with Crippen molar-refractivity contribution in [1.29, 1.82) is 0 Å². The van der Waals surface area contributed by atoms with Gasteiger partial charge in [-0.15, -0.1) is 0 Å². The van der Waals surface area contributed by atoms with Gasteiger partial charge in [0.1, 0.15) is 0 Å². The van der Waals surface area contributed by atoms with Gasteiger partial charge in [0.15, 0.2) is 0 Å². The molecule has 0 aromatic heterocycles. The molecule has 2 heterocycles. The third-order valence-corrected chi connectivity index (χ3v) is 4.18. The first-order valence-electron chi connectivity index (χ1n) is 6.39. The molecule has 86 valence electrons. The molecule has 2 fully saturated rings. The van der Waals surface area contributed by atoms with E-state index in [4.69, 9.17) is 0 Å². The number of hydrogen-bond acceptors (Lipinski definition) is 2. The predicted molar refractivity (Wildman–Crippen MR) is 66.3 cm³/mol. The van der Waals surface area contributed by atoms with Crippen LogP contribution >= 0.6 is 0 Å². The largest absolute Gasteiger partial charge is 0.315 e. The van der Waals surface area contributed by atoms with Crippen molar-refractivity contribution in [3.63, 3.8) is 0 Å². The van der Waals surface area contributed by atoms with Crippen LogP contribution in [-0.2, 0) is 6.54 Å². The SMILES string of the molecule is c1ccc(CN2CCC[C@@]23CCNC3)cc1. The van der Waals surface area contributed by atoms with Gasteiger partial charge in [-0.2, -0.15) is 0 Å². The van der Waals surface area contributed by atoms with Crippen LogP contribution in [0.15, 0.2) is 30.3 Å². The summed E-state index contributed by atoms with van der Waals surface area (Å²) in [7, 11) is 0. The Morgan fingerprint density at radius 1 is 1.19 bits per heavy atom. The Morgan fingerprint density at radius 3 is 2.81 bits per heavy atom. The summed E-state index contributed by atoms with van der Waals surface area (Å²) >= 11 is 0. The summed E-state index contributed by atoms with van der Waals surface area (Å²) in [5, 5.41) is 3.53. The van der Waals surface area contributed by atoms with Gasteiger partial charge in [-0.3, -0.25) is 4.90 Å². The Morgan fingerprint density at radius 2 is 2.06 bits per heavy atom. The van der Waals surface area contributed by atoms with E-state index in [0.717, 1.165) is 6.54 Å². The number of nitrogens with zero attached hydrogens (tertiary/aromatic N) is 1. The zero-order valence-corrected chi connectivity index (χ0v) is 9.78. The second kappa shape index (κ2) is 4.19. The van der Waals surface area contributed by atoms with Crippen LogP contribution in [0.1, 0.15) is 24.8 Å².